The van der Waals surface area contributed by atoms with E-state index in [1.807, 2.05) is 30.3 Å². The molecular weight excluding hydrogens is 659 g/mol. The van der Waals surface area contributed by atoms with Crippen LogP contribution < -0.4 is 10.2 Å². The maximum atomic E-state index is 14.0. The molecule has 0 spiro atoms. The molecule has 1 unspecified atom stereocenters. The van der Waals surface area contributed by atoms with E-state index in [4.69, 9.17) is 27.9 Å². The number of rotatable bonds is 8. The molecule has 3 amide bonds. The summed E-state index contributed by atoms with van der Waals surface area (Å²) in [6.45, 7) is 5.40. The number of aromatic amines is 1. The maximum absolute atomic E-state index is 14.0. The number of esters is 1. The average molecular weight is 690 g/mol. The van der Waals surface area contributed by atoms with Gasteiger partial charge in [-0.15, -0.1) is 5.10 Å². The van der Waals surface area contributed by atoms with E-state index in [0.717, 1.165) is 5.56 Å². The number of H-pyrrole nitrogens is 1. The molecule has 5 aromatic rings. The fourth-order valence-corrected chi connectivity index (χ4v) is 5.92. The van der Waals surface area contributed by atoms with Crippen LogP contribution in [0.4, 0.5) is 11.4 Å². The summed E-state index contributed by atoms with van der Waals surface area (Å²) in [6.07, 6.45) is 1.51. The van der Waals surface area contributed by atoms with Crippen molar-refractivity contribution in [3.8, 4) is 5.69 Å². The number of hydrogen-bond donors (Lipinski definition) is 2. The highest BCUT2D eigenvalue weighted by molar-refractivity contribution is 6.42. The third kappa shape index (κ3) is 6.73. The van der Waals surface area contributed by atoms with Gasteiger partial charge >= 0.3 is 17.8 Å². The highest BCUT2D eigenvalue weighted by atomic mass is 35.5. The summed E-state index contributed by atoms with van der Waals surface area (Å²) in [6, 6.07) is 17.9. The highest BCUT2D eigenvalue weighted by Crippen LogP contribution is 2.32. The Morgan fingerprint density at radius 1 is 0.979 bits per heavy atom. The van der Waals surface area contributed by atoms with E-state index in [1.54, 1.807) is 57.2 Å². The van der Waals surface area contributed by atoms with Gasteiger partial charge in [0.1, 0.15) is 23.7 Å². The van der Waals surface area contributed by atoms with E-state index >= 15 is 0 Å². The third-order valence-corrected chi connectivity index (χ3v) is 8.26. The number of benzene rings is 3. The van der Waals surface area contributed by atoms with Crippen molar-refractivity contribution in [3.05, 3.63) is 94.4 Å². The van der Waals surface area contributed by atoms with Gasteiger partial charge in [0.2, 0.25) is 5.91 Å². The fourth-order valence-electron chi connectivity index (χ4n) is 5.47. The van der Waals surface area contributed by atoms with Crippen molar-refractivity contribution in [1.29, 1.82) is 0 Å². The number of carbonyl (C=O) groups is 4. The fraction of sp³-hybridized carbons (Fsp3) is 0.242. The van der Waals surface area contributed by atoms with Gasteiger partial charge < -0.3 is 24.8 Å². The molecule has 48 heavy (non-hydrogen) atoms. The summed E-state index contributed by atoms with van der Waals surface area (Å²) in [5.74, 6) is -2.81. The van der Waals surface area contributed by atoms with Crippen LogP contribution in [0, 0.1) is 0 Å². The van der Waals surface area contributed by atoms with Crippen molar-refractivity contribution in [3.63, 3.8) is 0 Å². The van der Waals surface area contributed by atoms with Crippen LogP contribution in [-0.2, 0) is 25.5 Å². The van der Waals surface area contributed by atoms with Crippen LogP contribution in [-0.4, -0.2) is 78.5 Å². The van der Waals surface area contributed by atoms with Gasteiger partial charge in [-0.25, -0.2) is 4.79 Å². The Bertz CT molecular complexity index is 2030. The lowest BCUT2D eigenvalue weighted by Crippen LogP contribution is -2.60. The molecule has 2 N–H and O–H groups in total. The Morgan fingerprint density at radius 3 is 2.46 bits per heavy atom. The number of carbonyl (C=O) groups excluding carboxylic acids is 4. The van der Waals surface area contributed by atoms with E-state index in [9.17, 15) is 19.2 Å². The van der Waals surface area contributed by atoms with Gasteiger partial charge in [0.15, 0.2) is 0 Å². The number of amides is 3. The molecule has 3 aromatic carbocycles. The molecule has 1 aliphatic heterocycles. The second kappa shape index (κ2) is 13.1. The molecule has 246 valence electrons. The van der Waals surface area contributed by atoms with Gasteiger partial charge in [-0.3, -0.25) is 14.4 Å². The Labute approximate surface area is 284 Å². The van der Waals surface area contributed by atoms with Gasteiger partial charge in [-0.2, -0.15) is 4.68 Å². The van der Waals surface area contributed by atoms with Crippen LogP contribution >= 0.6 is 23.2 Å². The van der Waals surface area contributed by atoms with E-state index < -0.39 is 35.3 Å². The van der Waals surface area contributed by atoms with Gasteiger partial charge in [0.05, 0.1) is 16.4 Å². The molecule has 0 radical (unpaired) electrons. The molecule has 3 heterocycles. The monoisotopic (exact) mass is 688 g/mol. The normalized spacial score (nSPS) is 14.4. The molecule has 0 saturated carbocycles. The standard InChI is InChI=1S/C33H30Cl2N8O5/c1-33(2,3)48-32(47)28-27(35)22-17-21(10-11-23(22)38-28)37-29(44)26(15-19-7-5-4-6-8-19)42-14-13-41(30(45)31(42)46)25-16-20(34)9-12-24(25)43-18-36-39-40-43/h4-12,16-18,26,38H,13-15H2,1-3H3,(H,37,44). The number of tetrazole rings is 1. The molecule has 6 rings (SSSR count). The Kier molecular flexibility index (Phi) is 8.91. The summed E-state index contributed by atoms with van der Waals surface area (Å²) in [7, 11) is 0. The highest BCUT2D eigenvalue weighted by Gasteiger charge is 2.40. The number of anilines is 2. The molecule has 1 aliphatic rings. The lowest BCUT2D eigenvalue weighted by molar-refractivity contribution is -0.149. The van der Waals surface area contributed by atoms with Crippen molar-refractivity contribution in [2.24, 2.45) is 0 Å². The van der Waals surface area contributed by atoms with Crippen LogP contribution in [0.1, 0.15) is 36.8 Å². The summed E-state index contributed by atoms with van der Waals surface area (Å²) in [5, 5.41) is 15.1. The summed E-state index contributed by atoms with van der Waals surface area (Å²) < 4.78 is 6.83. The number of piperazine rings is 1. The van der Waals surface area contributed by atoms with Crippen molar-refractivity contribution < 1.29 is 23.9 Å². The van der Waals surface area contributed by atoms with Gasteiger partial charge in [0.25, 0.3) is 0 Å². The van der Waals surface area contributed by atoms with Gasteiger partial charge in [-0.05, 0) is 73.2 Å². The molecule has 1 atom stereocenters. The Morgan fingerprint density at radius 2 is 1.75 bits per heavy atom. The maximum Gasteiger partial charge on any atom is 0.356 e. The first-order valence-electron chi connectivity index (χ1n) is 14.9. The number of aromatic nitrogens is 5. The van der Waals surface area contributed by atoms with Crippen molar-refractivity contribution >= 4 is 69.2 Å². The zero-order valence-corrected chi connectivity index (χ0v) is 27.6. The predicted molar refractivity (Wildman–Crippen MR) is 179 cm³/mol. The first-order chi connectivity index (χ1) is 22.9. The molecule has 0 bridgehead atoms. The molecule has 2 aromatic heterocycles. The lowest BCUT2D eigenvalue weighted by atomic mass is 10.0. The second-order valence-electron chi connectivity index (χ2n) is 12.1. The van der Waals surface area contributed by atoms with E-state index in [0.29, 0.717) is 33.0 Å². The number of fused-ring (bicyclic) bond motifs is 1. The molecule has 1 fully saturated rings. The minimum Gasteiger partial charge on any atom is -0.455 e. The van der Waals surface area contributed by atoms with Crippen LogP contribution in [0.25, 0.3) is 16.6 Å². The Balaban J connectivity index is 1.27. The number of hydrogen-bond acceptors (Lipinski definition) is 8. The minimum atomic E-state index is -1.04. The number of halogens is 2. The van der Waals surface area contributed by atoms with E-state index in [2.05, 4.69) is 25.8 Å². The zero-order chi connectivity index (χ0) is 34.2. The third-order valence-electron chi connectivity index (χ3n) is 7.63. The Hall–Kier alpha value is -5.27. The topological polar surface area (TPSA) is 155 Å². The van der Waals surface area contributed by atoms with Crippen molar-refractivity contribution in [2.45, 2.75) is 38.8 Å². The predicted octanol–water partition coefficient (Wildman–Crippen LogP) is 4.83. The average Bonchev–Trinajstić information content (AvgIpc) is 3.69. The second-order valence-corrected chi connectivity index (χ2v) is 12.9. The van der Waals surface area contributed by atoms with Gasteiger partial charge in [-0.1, -0.05) is 53.5 Å². The van der Waals surface area contributed by atoms with Crippen LogP contribution in [0.2, 0.25) is 10.0 Å². The molecule has 15 heteroatoms. The van der Waals surface area contributed by atoms with E-state index in [-0.39, 0.29) is 30.2 Å². The van der Waals surface area contributed by atoms with Crippen LogP contribution in [0.3, 0.4) is 0 Å². The zero-order valence-electron chi connectivity index (χ0n) is 26.1. The summed E-state index contributed by atoms with van der Waals surface area (Å²) >= 11 is 12.9. The molecule has 13 nitrogen and oxygen atoms in total. The van der Waals surface area contributed by atoms with Crippen molar-refractivity contribution in [1.82, 2.24) is 30.1 Å². The van der Waals surface area contributed by atoms with Crippen LogP contribution in [0.15, 0.2) is 73.1 Å². The molecule has 0 aliphatic carbocycles. The smallest absolute Gasteiger partial charge is 0.356 e. The van der Waals surface area contributed by atoms with E-state index in [1.165, 1.54) is 20.8 Å². The van der Waals surface area contributed by atoms with Crippen molar-refractivity contribution in [2.75, 3.05) is 23.3 Å². The first kappa shape index (κ1) is 32.7. The number of ether oxygens (including phenoxy) is 1. The quantitative estimate of drug-likeness (QED) is 0.174. The minimum absolute atomic E-state index is 0.0545. The first-order valence-corrected chi connectivity index (χ1v) is 15.7. The summed E-state index contributed by atoms with van der Waals surface area (Å²) in [4.78, 5) is 59.7. The molecule has 1 saturated heterocycles. The number of nitrogens with zero attached hydrogens (tertiary/aromatic N) is 6. The summed E-state index contributed by atoms with van der Waals surface area (Å²) in [5.41, 5.74) is 1.91. The largest absolute Gasteiger partial charge is 0.455 e. The van der Waals surface area contributed by atoms with Gasteiger partial charge in [0, 0.05) is 41.1 Å². The molecular formula is C33H30Cl2N8O5. The SMILES string of the molecule is CC(C)(C)OC(=O)c1[nH]c2ccc(NC(=O)C(Cc3ccccc3)N3CCN(c4cc(Cl)ccc4-n4cnnn4)C(=O)C3=O)cc2c1Cl. The lowest BCUT2D eigenvalue weighted by Gasteiger charge is -2.38. The number of nitrogens with one attached hydrogen (secondary N) is 2. The van der Waals surface area contributed by atoms with Crippen LogP contribution in [0.5, 0.6) is 0 Å².